The lowest BCUT2D eigenvalue weighted by atomic mass is 10.2. The SMILES string of the molecule is NCc1ccc(N)cc1OC1CC1. The number of hydrogen-bond donors (Lipinski definition) is 2. The Hall–Kier alpha value is -1.22. The summed E-state index contributed by atoms with van der Waals surface area (Å²) in [5.41, 5.74) is 13.0. The smallest absolute Gasteiger partial charge is 0.126 e. The summed E-state index contributed by atoms with van der Waals surface area (Å²) in [5, 5.41) is 0. The van der Waals surface area contributed by atoms with E-state index in [1.54, 1.807) is 0 Å². The molecule has 0 amide bonds. The van der Waals surface area contributed by atoms with Crippen molar-refractivity contribution in [3.8, 4) is 5.75 Å². The summed E-state index contributed by atoms with van der Waals surface area (Å²) in [6, 6.07) is 5.62. The molecule has 1 aliphatic rings. The minimum absolute atomic E-state index is 0.395. The fourth-order valence-corrected chi connectivity index (χ4v) is 1.21. The summed E-state index contributed by atoms with van der Waals surface area (Å²) in [7, 11) is 0. The van der Waals surface area contributed by atoms with E-state index < -0.39 is 0 Å². The van der Waals surface area contributed by atoms with Gasteiger partial charge in [0.2, 0.25) is 0 Å². The average molecular weight is 178 g/mol. The Morgan fingerprint density at radius 2 is 2.15 bits per heavy atom. The Morgan fingerprint density at radius 1 is 1.38 bits per heavy atom. The summed E-state index contributed by atoms with van der Waals surface area (Å²) < 4.78 is 5.67. The van der Waals surface area contributed by atoms with Crippen LogP contribution in [0.15, 0.2) is 18.2 Å². The minimum atomic E-state index is 0.395. The fourth-order valence-electron chi connectivity index (χ4n) is 1.21. The molecule has 2 rings (SSSR count). The Bertz CT molecular complexity index is 308. The maximum absolute atomic E-state index is 5.67. The molecule has 0 aliphatic heterocycles. The van der Waals surface area contributed by atoms with Crippen molar-refractivity contribution >= 4 is 5.69 Å². The number of nitrogen functional groups attached to an aromatic ring is 1. The van der Waals surface area contributed by atoms with Crippen LogP contribution in [0, 0.1) is 0 Å². The van der Waals surface area contributed by atoms with Crippen molar-refractivity contribution in [3.05, 3.63) is 23.8 Å². The van der Waals surface area contributed by atoms with Crippen molar-refractivity contribution in [3.63, 3.8) is 0 Å². The number of rotatable bonds is 3. The molecule has 0 saturated heterocycles. The Kier molecular flexibility index (Phi) is 2.10. The third kappa shape index (κ3) is 1.92. The first-order chi connectivity index (χ1) is 6.29. The second-order valence-electron chi connectivity index (χ2n) is 3.39. The highest BCUT2D eigenvalue weighted by atomic mass is 16.5. The zero-order valence-electron chi connectivity index (χ0n) is 7.49. The number of ether oxygens (including phenoxy) is 1. The molecule has 1 fully saturated rings. The van der Waals surface area contributed by atoms with Crippen LogP contribution in [0.1, 0.15) is 18.4 Å². The van der Waals surface area contributed by atoms with Gasteiger partial charge < -0.3 is 16.2 Å². The largest absolute Gasteiger partial charge is 0.490 e. The molecule has 1 aromatic carbocycles. The van der Waals surface area contributed by atoms with Gasteiger partial charge in [-0.25, -0.2) is 0 Å². The topological polar surface area (TPSA) is 61.3 Å². The van der Waals surface area contributed by atoms with Gasteiger partial charge in [-0.2, -0.15) is 0 Å². The van der Waals surface area contributed by atoms with Crippen molar-refractivity contribution in [2.75, 3.05) is 5.73 Å². The Labute approximate surface area is 77.7 Å². The van der Waals surface area contributed by atoms with E-state index in [0.717, 1.165) is 29.8 Å². The van der Waals surface area contributed by atoms with Crippen LogP contribution in [-0.4, -0.2) is 6.10 Å². The number of benzene rings is 1. The molecule has 0 atom stereocenters. The van der Waals surface area contributed by atoms with Crippen molar-refractivity contribution in [1.29, 1.82) is 0 Å². The second kappa shape index (κ2) is 3.26. The summed E-state index contributed by atoms with van der Waals surface area (Å²) in [6.45, 7) is 0.502. The quantitative estimate of drug-likeness (QED) is 0.685. The number of nitrogens with two attached hydrogens (primary N) is 2. The molecule has 1 aromatic rings. The van der Waals surface area contributed by atoms with E-state index in [9.17, 15) is 0 Å². The molecule has 3 nitrogen and oxygen atoms in total. The van der Waals surface area contributed by atoms with Gasteiger partial charge in [0.1, 0.15) is 5.75 Å². The molecule has 0 heterocycles. The van der Waals surface area contributed by atoms with Gasteiger partial charge in [0, 0.05) is 23.9 Å². The molecule has 0 bridgehead atoms. The van der Waals surface area contributed by atoms with E-state index in [0.29, 0.717) is 12.6 Å². The van der Waals surface area contributed by atoms with Crippen molar-refractivity contribution in [1.82, 2.24) is 0 Å². The van der Waals surface area contributed by atoms with Crippen molar-refractivity contribution in [2.24, 2.45) is 5.73 Å². The van der Waals surface area contributed by atoms with Crippen LogP contribution >= 0.6 is 0 Å². The molecule has 0 radical (unpaired) electrons. The molecule has 1 saturated carbocycles. The molecular formula is C10H14N2O. The summed E-state index contributed by atoms with van der Waals surface area (Å²) in [4.78, 5) is 0. The number of anilines is 1. The van der Waals surface area contributed by atoms with E-state index in [2.05, 4.69) is 0 Å². The van der Waals surface area contributed by atoms with E-state index in [4.69, 9.17) is 16.2 Å². The van der Waals surface area contributed by atoms with Crippen LogP contribution in [0.25, 0.3) is 0 Å². The highest BCUT2D eigenvalue weighted by Gasteiger charge is 2.24. The monoisotopic (exact) mass is 178 g/mol. The Morgan fingerprint density at radius 3 is 2.77 bits per heavy atom. The van der Waals surface area contributed by atoms with Gasteiger partial charge >= 0.3 is 0 Å². The molecule has 1 aliphatic carbocycles. The lowest BCUT2D eigenvalue weighted by Gasteiger charge is -2.09. The summed E-state index contributed by atoms with van der Waals surface area (Å²) >= 11 is 0. The average Bonchev–Trinajstić information content (AvgIpc) is 2.89. The molecule has 0 unspecified atom stereocenters. The molecule has 4 N–H and O–H groups in total. The Balaban J connectivity index is 2.22. The lowest BCUT2D eigenvalue weighted by molar-refractivity contribution is 0.300. The van der Waals surface area contributed by atoms with E-state index in [-0.39, 0.29) is 0 Å². The highest BCUT2D eigenvalue weighted by molar-refractivity contribution is 5.48. The molecular weight excluding hydrogens is 164 g/mol. The van der Waals surface area contributed by atoms with Crippen LogP contribution in [0.4, 0.5) is 5.69 Å². The summed E-state index contributed by atoms with van der Waals surface area (Å²) in [6.07, 6.45) is 2.70. The third-order valence-corrected chi connectivity index (χ3v) is 2.13. The minimum Gasteiger partial charge on any atom is -0.490 e. The molecule has 0 aromatic heterocycles. The molecule has 3 heteroatoms. The highest BCUT2D eigenvalue weighted by Crippen LogP contribution is 2.30. The van der Waals surface area contributed by atoms with Crippen LogP contribution in [0.5, 0.6) is 5.75 Å². The molecule has 70 valence electrons. The van der Waals surface area contributed by atoms with Crippen LogP contribution < -0.4 is 16.2 Å². The van der Waals surface area contributed by atoms with Gasteiger partial charge in [-0.3, -0.25) is 0 Å². The van der Waals surface area contributed by atoms with E-state index in [1.165, 1.54) is 0 Å². The zero-order chi connectivity index (χ0) is 9.26. The van der Waals surface area contributed by atoms with Gasteiger partial charge in [0.25, 0.3) is 0 Å². The summed E-state index contributed by atoms with van der Waals surface area (Å²) in [5.74, 6) is 0.852. The third-order valence-electron chi connectivity index (χ3n) is 2.13. The van der Waals surface area contributed by atoms with Gasteiger partial charge in [-0.05, 0) is 18.9 Å². The lowest BCUT2D eigenvalue weighted by Crippen LogP contribution is -2.04. The fraction of sp³-hybridized carbons (Fsp3) is 0.400. The predicted octanol–water partition coefficient (Wildman–Crippen LogP) is 1.27. The first-order valence-corrected chi connectivity index (χ1v) is 4.54. The van der Waals surface area contributed by atoms with Gasteiger partial charge in [0.05, 0.1) is 6.10 Å². The maximum atomic E-state index is 5.67. The predicted molar refractivity (Wildman–Crippen MR) is 52.4 cm³/mol. The van der Waals surface area contributed by atoms with Crippen molar-refractivity contribution in [2.45, 2.75) is 25.5 Å². The molecule has 13 heavy (non-hydrogen) atoms. The van der Waals surface area contributed by atoms with Crippen molar-refractivity contribution < 1.29 is 4.74 Å². The van der Waals surface area contributed by atoms with Crippen LogP contribution in [-0.2, 0) is 6.54 Å². The van der Waals surface area contributed by atoms with Gasteiger partial charge in [-0.15, -0.1) is 0 Å². The maximum Gasteiger partial charge on any atom is 0.126 e. The molecule has 0 spiro atoms. The first kappa shape index (κ1) is 8.38. The number of hydrogen-bond acceptors (Lipinski definition) is 3. The van der Waals surface area contributed by atoms with Crippen LogP contribution in [0.3, 0.4) is 0 Å². The van der Waals surface area contributed by atoms with Gasteiger partial charge in [-0.1, -0.05) is 6.07 Å². The second-order valence-corrected chi connectivity index (χ2v) is 3.39. The first-order valence-electron chi connectivity index (χ1n) is 4.54. The van der Waals surface area contributed by atoms with E-state index >= 15 is 0 Å². The zero-order valence-corrected chi connectivity index (χ0v) is 7.49. The standard InChI is InChI=1S/C10H14N2O/c11-6-7-1-2-8(12)5-10(7)13-9-3-4-9/h1-2,5,9H,3-4,6,11-12H2. The van der Waals surface area contributed by atoms with Crippen LogP contribution in [0.2, 0.25) is 0 Å². The van der Waals surface area contributed by atoms with Gasteiger partial charge in [0.15, 0.2) is 0 Å². The van der Waals surface area contributed by atoms with E-state index in [1.807, 2.05) is 18.2 Å². The normalized spacial score (nSPS) is 15.8.